The van der Waals surface area contributed by atoms with Gasteiger partial charge in [0.25, 0.3) is 5.91 Å². The molecule has 1 amide bonds. The number of amides is 1. The van der Waals surface area contributed by atoms with Gasteiger partial charge >= 0.3 is 5.97 Å². The fourth-order valence-corrected chi connectivity index (χ4v) is 3.16. The van der Waals surface area contributed by atoms with Gasteiger partial charge in [-0.2, -0.15) is 0 Å². The second-order valence-electron chi connectivity index (χ2n) is 5.40. The molecule has 128 valence electrons. The van der Waals surface area contributed by atoms with Gasteiger partial charge in [0.2, 0.25) is 0 Å². The van der Waals surface area contributed by atoms with E-state index >= 15 is 0 Å². The molecular weight excluding hydrogens is 408 g/mol. The van der Waals surface area contributed by atoms with Gasteiger partial charge in [-0.1, -0.05) is 35.9 Å². The van der Waals surface area contributed by atoms with Crippen LogP contribution in [-0.4, -0.2) is 23.5 Å². The molecule has 0 saturated carbocycles. The van der Waals surface area contributed by atoms with Gasteiger partial charge in [-0.05, 0) is 46.6 Å². The summed E-state index contributed by atoms with van der Waals surface area (Å²) in [6.07, 6.45) is 0. The number of benzene rings is 2. The predicted molar refractivity (Wildman–Crippen MR) is 101 cm³/mol. The number of carbonyl (C=O) groups is 2. The number of aromatic nitrogens is 1. The molecule has 0 unspecified atom stereocenters. The number of aromatic amines is 1. The first-order valence-electron chi connectivity index (χ1n) is 7.45. The van der Waals surface area contributed by atoms with E-state index < -0.39 is 18.5 Å². The molecule has 0 bridgehead atoms. The Hall–Kier alpha value is -2.31. The third-order valence-electron chi connectivity index (χ3n) is 3.72. The molecule has 0 spiro atoms. The lowest BCUT2D eigenvalue weighted by atomic mass is 10.2. The van der Waals surface area contributed by atoms with E-state index in [1.165, 1.54) is 0 Å². The number of hydrogen-bond acceptors (Lipinski definition) is 3. The first-order valence-corrected chi connectivity index (χ1v) is 8.62. The lowest BCUT2D eigenvalue weighted by Gasteiger charge is -2.09. The van der Waals surface area contributed by atoms with Crippen LogP contribution < -0.4 is 5.32 Å². The van der Waals surface area contributed by atoms with E-state index in [1.54, 1.807) is 25.1 Å². The number of hydrogen-bond donors (Lipinski definition) is 2. The molecule has 0 aliphatic carbocycles. The molecule has 2 aromatic carbocycles. The van der Waals surface area contributed by atoms with Crippen LogP contribution in [-0.2, 0) is 9.53 Å². The highest BCUT2D eigenvalue weighted by Crippen LogP contribution is 2.28. The van der Waals surface area contributed by atoms with Crippen LogP contribution in [0.4, 0.5) is 5.69 Å². The van der Waals surface area contributed by atoms with Crippen LogP contribution in [0.25, 0.3) is 10.9 Å². The highest BCUT2D eigenvalue weighted by molar-refractivity contribution is 9.10. The largest absolute Gasteiger partial charge is 0.451 e. The predicted octanol–water partition coefficient (Wildman–Crippen LogP) is 4.69. The normalized spacial score (nSPS) is 10.7. The molecule has 7 heteroatoms. The lowest BCUT2D eigenvalue weighted by molar-refractivity contribution is -0.119. The van der Waals surface area contributed by atoms with Gasteiger partial charge in [-0.15, -0.1) is 0 Å². The summed E-state index contributed by atoms with van der Waals surface area (Å²) >= 11 is 9.40. The summed E-state index contributed by atoms with van der Waals surface area (Å²) in [5.41, 5.74) is 2.41. The van der Waals surface area contributed by atoms with Crippen molar-refractivity contribution in [3.05, 3.63) is 63.2 Å². The average molecular weight is 422 g/mol. The van der Waals surface area contributed by atoms with Gasteiger partial charge in [-0.25, -0.2) is 4.79 Å². The van der Waals surface area contributed by atoms with Gasteiger partial charge < -0.3 is 15.0 Å². The monoisotopic (exact) mass is 420 g/mol. The first kappa shape index (κ1) is 17.5. The van der Waals surface area contributed by atoms with E-state index in [0.29, 0.717) is 15.2 Å². The summed E-state index contributed by atoms with van der Waals surface area (Å²) in [5.74, 6) is -1.05. The smallest absolute Gasteiger partial charge is 0.356 e. The first-order chi connectivity index (χ1) is 12.0. The molecule has 2 N–H and O–H groups in total. The maximum absolute atomic E-state index is 12.2. The van der Waals surface area contributed by atoms with Crippen molar-refractivity contribution in [1.82, 2.24) is 4.98 Å². The Bertz CT molecular complexity index is 968. The Kier molecular flexibility index (Phi) is 5.11. The van der Waals surface area contributed by atoms with Crippen molar-refractivity contribution in [2.45, 2.75) is 6.92 Å². The van der Waals surface area contributed by atoms with Gasteiger partial charge in [0.15, 0.2) is 6.61 Å². The van der Waals surface area contributed by atoms with Crippen LogP contribution in [0.1, 0.15) is 16.1 Å². The summed E-state index contributed by atoms with van der Waals surface area (Å²) in [6, 6.07) is 12.7. The summed E-state index contributed by atoms with van der Waals surface area (Å²) in [7, 11) is 0. The Morgan fingerprint density at radius 3 is 2.72 bits per heavy atom. The lowest BCUT2D eigenvalue weighted by Crippen LogP contribution is -2.21. The van der Waals surface area contributed by atoms with Gasteiger partial charge in [0.05, 0.1) is 4.47 Å². The van der Waals surface area contributed by atoms with Crippen molar-refractivity contribution < 1.29 is 14.3 Å². The number of ether oxygens (including phenoxy) is 1. The number of carbonyl (C=O) groups excluding carboxylic acids is 2. The van der Waals surface area contributed by atoms with Crippen molar-refractivity contribution in [3.8, 4) is 0 Å². The van der Waals surface area contributed by atoms with E-state index in [4.69, 9.17) is 16.3 Å². The molecule has 1 heterocycles. The quantitative estimate of drug-likeness (QED) is 0.601. The van der Waals surface area contributed by atoms with Crippen molar-refractivity contribution in [2.75, 3.05) is 11.9 Å². The van der Waals surface area contributed by atoms with Crippen LogP contribution in [0.15, 0.2) is 46.9 Å². The molecule has 0 fully saturated rings. The average Bonchev–Trinajstić information content (AvgIpc) is 2.94. The van der Waals surface area contributed by atoms with E-state index in [0.717, 1.165) is 16.5 Å². The van der Waals surface area contributed by atoms with Crippen molar-refractivity contribution >= 4 is 56.0 Å². The van der Waals surface area contributed by atoms with Crippen LogP contribution >= 0.6 is 27.5 Å². The summed E-state index contributed by atoms with van der Waals surface area (Å²) in [4.78, 5) is 27.2. The second kappa shape index (κ2) is 7.29. The van der Waals surface area contributed by atoms with Crippen LogP contribution in [0.5, 0.6) is 0 Å². The van der Waals surface area contributed by atoms with Gasteiger partial charge in [-0.3, -0.25) is 4.79 Å². The topological polar surface area (TPSA) is 71.2 Å². The van der Waals surface area contributed by atoms with Gasteiger partial charge in [0, 0.05) is 21.6 Å². The molecule has 0 aliphatic rings. The molecular formula is C18H14BrClN2O3. The van der Waals surface area contributed by atoms with Crippen LogP contribution in [0.2, 0.25) is 5.02 Å². The second-order valence-corrected chi connectivity index (χ2v) is 6.60. The number of nitrogens with one attached hydrogen (secondary N) is 2. The zero-order valence-corrected chi connectivity index (χ0v) is 15.6. The highest BCUT2D eigenvalue weighted by atomic mass is 79.9. The SMILES string of the molecule is Cc1c(Cl)cccc1NC(=O)COC(=O)c1[nH]c2ccccc2c1Br. The minimum atomic E-state index is -0.610. The molecule has 0 saturated heterocycles. The van der Waals surface area contributed by atoms with Crippen LogP contribution in [0.3, 0.4) is 0 Å². The van der Waals surface area contributed by atoms with Crippen molar-refractivity contribution in [3.63, 3.8) is 0 Å². The fourth-order valence-electron chi connectivity index (χ4n) is 2.38. The summed E-state index contributed by atoms with van der Waals surface area (Å²) in [5, 5.41) is 4.10. The zero-order valence-electron chi connectivity index (χ0n) is 13.2. The molecule has 3 rings (SSSR count). The summed E-state index contributed by atoms with van der Waals surface area (Å²) in [6.45, 7) is 1.40. The van der Waals surface area contributed by atoms with Gasteiger partial charge in [0.1, 0.15) is 5.69 Å². The molecule has 0 aliphatic heterocycles. The van der Waals surface area contributed by atoms with E-state index in [1.807, 2.05) is 24.3 Å². The Labute approximate surface area is 157 Å². The van der Waals surface area contributed by atoms with E-state index in [9.17, 15) is 9.59 Å². The van der Waals surface area contributed by atoms with E-state index in [2.05, 4.69) is 26.2 Å². The van der Waals surface area contributed by atoms with Crippen molar-refractivity contribution in [2.24, 2.45) is 0 Å². The van der Waals surface area contributed by atoms with Crippen LogP contribution in [0, 0.1) is 6.92 Å². The number of fused-ring (bicyclic) bond motifs is 1. The molecule has 5 nitrogen and oxygen atoms in total. The van der Waals surface area contributed by atoms with Crippen molar-refractivity contribution in [1.29, 1.82) is 0 Å². The third kappa shape index (κ3) is 3.70. The highest BCUT2D eigenvalue weighted by Gasteiger charge is 2.18. The van der Waals surface area contributed by atoms with E-state index in [-0.39, 0.29) is 5.69 Å². The Morgan fingerprint density at radius 1 is 1.20 bits per heavy atom. The number of H-pyrrole nitrogens is 1. The standard InChI is InChI=1S/C18H14BrClN2O3/c1-10-12(20)6-4-8-13(10)21-15(23)9-25-18(24)17-16(19)11-5-2-3-7-14(11)22-17/h2-8,22H,9H2,1H3,(H,21,23). The number of anilines is 1. The third-order valence-corrected chi connectivity index (χ3v) is 4.96. The molecule has 0 radical (unpaired) electrons. The maximum atomic E-state index is 12.2. The fraction of sp³-hybridized carbons (Fsp3) is 0.111. The number of para-hydroxylation sites is 1. The summed E-state index contributed by atoms with van der Waals surface area (Å²) < 4.78 is 5.71. The number of rotatable bonds is 4. The number of esters is 1. The molecule has 3 aromatic rings. The molecule has 25 heavy (non-hydrogen) atoms. The Balaban J connectivity index is 1.66. The Morgan fingerprint density at radius 2 is 1.96 bits per heavy atom. The zero-order chi connectivity index (χ0) is 18.0. The molecule has 0 atom stereocenters. The minimum Gasteiger partial charge on any atom is -0.451 e. The maximum Gasteiger partial charge on any atom is 0.356 e. The minimum absolute atomic E-state index is 0.271. The molecule has 1 aromatic heterocycles. The number of halogens is 2.